The fourth-order valence-electron chi connectivity index (χ4n) is 3.26. The zero-order chi connectivity index (χ0) is 18.3. The van der Waals surface area contributed by atoms with Crippen molar-refractivity contribution in [3.8, 4) is 5.75 Å². The Bertz CT molecular complexity index is 1140. The zero-order valence-electron chi connectivity index (χ0n) is 14.9. The molecule has 0 unspecified atom stereocenters. The summed E-state index contributed by atoms with van der Waals surface area (Å²) < 4.78 is 11.3. The van der Waals surface area contributed by atoms with Crippen LogP contribution in [0.15, 0.2) is 59.0 Å². The van der Waals surface area contributed by atoms with Crippen molar-refractivity contribution in [3.63, 3.8) is 0 Å². The van der Waals surface area contributed by atoms with Gasteiger partial charge >= 0.3 is 0 Å². The third kappa shape index (κ3) is 2.60. The highest BCUT2D eigenvalue weighted by Gasteiger charge is 2.20. The van der Waals surface area contributed by atoms with E-state index < -0.39 is 0 Å². The number of furan rings is 1. The number of carbonyl (C=O) groups excluding carboxylic acids is 1. The van der Waals surface area contributed by atoms with Crippen LogP contribution >= 0.6 is 0 Å². The van der Waals surface area contributed by atoms with Crippen LogP contribution in [-0.2, 0) is 0 Å². The second-order valence-electron chi connectivity index (χ2n) is 6.38. The molecule has 130 valence electrons. The van der Waals surface area contributed by atoms with Crippen LogP contribution in [0.1, 0.15) is 21.7 Å². The molecule has 0 aliphatic carbocycles. The molecule has 4 aromatic rings. The van der Waals surface area contributed by atoms with Crippen LogP contribution in [-0.4, -0.2) is 13.0 Å². The van der Waals surface area contributed by atoms with Crippen LogP contribution in [0.25, 0.3) is 21.7 Å². The van der Waals surface area contributed by atoms with Gasteiger partial charge in [-0.1, -0.05) is 42.5 Å². The molecule has 4 heteroatoms. The molecule has 0 saturated heterocycles. The minimum Gasteiger partial charge on any atom is -0.495 e. The van der Waals surface area contributed by atoms with Crippen LogP contribution in [0.5, 0.6) is 5.75 Å². The second-order valence-corrected chi connectivity index (χ2v) is 6.38. The molecule has 1 N–H and O–H groups in total. The van der Waals surface area contributed by atoms with E-state index in [1.165, 1.54) is 0 Å². The first-order valence-electron chi connectivity index (χ1n) is 8.45. The monoisotopic (exact) mass is 345 g/mol. The predicted molar refractivity (Wildman–Crippen MR) is 104 cm³/mol. The van der Waals surface area contributed by atoms with Gasteiger partial charge in [0, 0.05) is 16.3 Å². The highest BCUT2D eigenvalue weighted by atomic mass is 16.5. The third-order valence-electron chi connectivity index (χ3n) is 4.64. The minimum atomic E-state index is -0.285. The van der Waals surface area contributed by atoms with Gasteiger partial charge in [0.15, 0.2) is 5.76 Å². The number of ether oxygens (including phenoxy) is 1. The van der Waals surface area contributed by atoms with Crippen LogP contribution in [0.2, 0.25) is 0 Å². The van der Waals surface area contributed by atoms with Gasteiger partial charge in [0.2, 0.25) is 0 Å². The third-order valence-corrected chi connectivity index (χ3v) is 4.64. The van der Waals surface area contributed by atoms with E-state index in [0.29, 0.717) is 17.2 Å². The SMILES string of the molecule is COc1ccc(C)cc1NC(=O)c1oc2c(ccc3ccccc32)c1C. The Balaban J connectivity index is 1.79. The summed E-state index contributed by atoms with van der Waals surface area (Å²) in [6.07, 6.45) is 0. The lowest BCUT2D eigenvalue weighted by Gasteiger charge is -2.10. The van der Waals surface area contributed by atoms with Gasteiger partial charge in [-0.3, -0.25) is 4.79 Å². The Hall–Kier alpha value is -3.27. The van der Waals surface area contributed by atoms with E-state index in [9.17, 15) is 4.79 Å². The lowest BCUT2D eigenvalue weighted by molar-refractivity contribution is 0.0997. The molecule has 1 amide bonds. The number of anilines is 1. The smallest absolute Gasteiger partial charge is 0.291 e. The largest absolute Gasteiger partial charge is 0.495 e. The van der Waals surface area contributed by atoms with Gasteiger partial charge in [-0.25, -0.2) is 0 Å². The van der Waals surface area contributed by atoms with E-state index in [4.69, 9.17) is 9.15 Å². The van der Waals surface area contributed by atoms with E-state index in [2.05, 4.69) is 5.32 Å². The first-order chi connectivity index (χ1) is 12.6. The molecule has 4 nitrogen and oxygen atoms in total. The highest BCUT2D eigenvalue weighted by molar-refractivity contribution is 6.11. The summed E-state index contributed by atoms with van der Waals surface area (Å²) in [5.41, 5.74) is 3.23. The van der Waals surface area contributed by atoms with Gasteiger partial charge in [-0.15, -0.1) is 0 Å². The average molecular weight is 345 g/mol. The molecule has 26 heavy (non-hydrogen) atoms. The van der Waals surface area contributed by atoms with Crippen molar-refractivity contribution in [1.82, 2.24) is 0 Å². The molecule has 0 saturated carbocycles. The molecule has 0 spiro atoms. The van der Waals surface area contributed by atoms with Gasteiger partial charge in [0.05, 0.1) is 12.8 Å². The highest BCUT2D eigenvalue weighted by Crippen LogP contribution is 2.33. The summed E-state index contributed by atoms with van der Waals surface area (Å²) in [5.74, 6) is 0.648. The van der Waals surface area contributed by atoms with Crippen molar-refractivity contribution in [1.29, 1.82) is 0 Å². The van der Waals surface area contributed by atoms with E-state index in [1.54, 1.807) is 7.11 Å². The Labute approximate surface area is 151 Å². The van der Waals surface area contributed by atoms with Crippen LogP contribution < -0.4 is 10.1 Å². The Kier molecular flexibility index (Phi) is 3.88. The number of amides is 1. The molecule has 1 heterocycles. The molecule has 0 aliphatic heterocycles. The zero-order valence-corrected chi connectivity index (χ0v) is 14.9. The van der Waals surface area contributed by atoms with E-state index in [1.807, 2.05) is 68.4 Å². The fraction of sp³-hybridized carbons (Fsp3) is 0.136. The minimum absolute atomic E-state index is 0.285. The first kappa shape index (κ1) is 16.2. The summed E-state index contributed by atoms with van der Waals surface area (Å²) in [7, 11) is 1.58. The van der Waals surface area contributed by atoms with Crippen molar-refractivity contribution < 1.29 is 13.9 Å². The Morgan fingerprint density at radius 1 is 1.00 bits per heavy atom. The van der Waals surface area contributed by atoms with E-state index in [0.717, 1.165) is 32.9 Å². The number of nitrogens with one attached hydrogen (secondary N) is 1. The number of methoxy groups -OCH3 is 1. The maximum atomic E-state index is 12.9. The van der Waals surface area contributed by atoms with Gasteiger partial charge in [-0.2, -0.15) is 0 Å². The molecule has 0 aliphatic rings. The lowest BCUT2D eigenvalue weighted by Crippen LogP contribution is -2.13. The summed E-state index contributed by atoms with van der Waals surface area (Å²) >= 11 is 0. The molecule has 4 rings (SSSR count). The van der Waals surface area contributed by atoms with Crippen LogP contribution in [0.3, 0.4) is 0 Å². The maximum absolute atomic E-state index is 12.9. The van der Waals surface area contributed by atoms with Gasteiger partial charge in [0.25, 0.3) is 5.91 Å². The number of hydrogen-bond acceptors (Lipinski definition) is 3. The molecule has 0 fully saturated rings. The maximum Gasteiger partial charge on any atom is 0.291 e. The number of benzene rings is 3. The Morgan fingerprint density at radius 2 is 1.81 bits per heavy atom. The fourth-order valence-corrected chi connectivity index (χ4v) is 3.26. The van der Waals surface area contributed by atoms with E-state index in [-0.39, 0.29) is 5.91 Å². The normalized spacial score (nSPS) is 11.0. The molecular weight excluding hydrogens is 326 g/mol. The van der Waals surface area contributed by atoms with E-state index >= 15 is 0 Å². The molecule has 3 aromatic carbocycles. The summed E-state index contributed by atoms with van der Waals surface area (Å²) in [6, 6.07) is 17.7. The molecule has 0 atom stereocenters. The van der Waals surface area contributed by atoms with Crippen molar-refractivity contribution in [2.75, 3.05) is 12.4 Å². The number of fused-ring (bicyclic) bond motifs is 3. The summed E-state index contributed by atoms with van der Waals surface area (Å²) in [6.45, 7) is 3.87. The van der Waals surface area contributed by atoms with Gasteiger partial charge in [0.1, 0.15) is 11.3 Å². The molecule has 0 bridgehead atoms. The lowest BCUT2D eigenvalue weighted by atomic mass is 10.1. The Morgan fingerprint density at radius 3 is 2.62 bits per heavy atom. The summed E-state index contributed by atoms with van der Waals surface area (Å²) in [5, 5.41) is 5.94. The van der Waals surface area contributed by atoms with Crippen molar-refractivity contribution in [2.24, 2.45) is 0 Å². The molecular formula is C22H19NO3. The second kappa shape index (κ2) is 6.23. The number of rotatable bonds is 3. The number of carbonyl (C=O) groups is 1. The van der Waals surface area contributed by atoms with Gasteiger partial charge in [-0.05, 0) is 36.9 Å². The number of hydrogen-bond donors (Lipinski definition) is 1. The van der Waals surface area contributed by atoms with Crippen molar-refractivity contribution in [3.05, 3.63) is 71.5 Å². The van der Waals surface area contributed by atoms with Crippen LogP contribution in [0, 0.1) is 13.8 Å². The number of aryl methyl sites for hydroxylation is 2. The standard InChI is InChI=1S/C22H19NO3/c1-13-8-11-19(25-3)18(12-13)23-22(24)20-14(2)16-10-9-15-6-4-5-7-17(15)21(16)26-20/h4-12H,1-3H3,(H,23,24). The first-order valence-corrected chi connectivity index (χ1v) is 8.45. The topological polar surface area (TPSA) is 51.5 Å². The van der Waals surface area contributed by atoms with Crippen LogP contribution in [0.4, 0.5) is 5.69 Å². The summed E-state index contributed by atoms with van der Waals surface area (Å²) in [4.78, 5) is 12.9. The average Bonchev–Trinajstić information content (AvgIpc) is 2.99. The van der Waals surface area contributed by atoms with Crippen molar-refractivity contribution >= 4 is 33.3 Å². The quantitative estimate of drug-likeness (QED) is 0.536. The molecule has 0 radical (unpaired) electrons. The van der Waals surface area contributed by atoms with Crippen molar-refractivity contribution in [2.45, 2.75) is 13.8 Å². The molecule has 1 aromatic heterocycles. The van der Waals surface area contributed by atoms with Gasteiger partial charge < -0.3 is 14.5 Å². The predicted octanol–water partition coefficient (Wildman–Crippen LogP) is 5.46.